The van der Waals surface area contributed by atoms with Gasteiger partial charge in [0.15, 0.2) is 25.0 Å². The van der Waals surface area contributed by atoms with E-state index in [4.69, 9.17) is 28.4 Å². The molecule has 0 aromatic rings. The molecule has 10 N–H and O–H groups in total. The number of carboxylic acids is 1. The summed E-state index contributed by atoms with van der Waals surface area (Å²) in [5, 5.41) is 108. The number of hydrogen-bond donors (Lipinski definition) is 10. The third kappa shape index (κ3) is 7.62. The highest BCUT2D eigenvalue weighted by molar-refractivity contribution is 5.87. The van der Waals surface area contributed by atoms with Crippen molar-refractivity contribution >= 4 is 11.8 Å². The van der Waals surface area contributed by atoms with Crippen LogP contribution in [0.5, 0.6) is 0 Å². The first-order valence-corrected chi connectivity index (χ1v) is 23.7. The molecule has 0 spiro atoms. The standard InChI is InChI=1S/C47H74O18/c1-21-29(52)31(54)34(57)39(61-21)64-36-30(53)24(50)18-60-40(36)65-37-33(56)32(55)35(38(58)59)63-41(37)62-28-11-12-44(4)25(45(28,5)20-49)10-13-47(7)26(44)9-8-22-23-16-42(2,19-48)17-27(51)43(23,3)14-15-46(22,47)6/h8,21,23-26,28-37,39-41,48-50,52-57H,9-20H2,1-7H3,(H,58,59)/t21-,23+,24-,25+,26+,28-,29-,30+,31+,32+,33+,34-,35+,36-,37-,39+,40+,41-,42+,43+,44-,45-,46+,47-/m0/s1. The molecular weight excluding hydrogens is 852 g/mol. The van der Waals surface area contributed by atoms with Crippen LogP contribution in [0, 0.1) is 50.2 Å². The number of allylic oxidation sites excluding steroid dienone is 2. The molecule has 4 saturated carbocycles. The molecule has 0 radical (unpaired) electrons. The summed E-state index contributed by atoms with van der Waals surface area (Å²) in [6.07, 6.45) is -15.8. The summed E-state index contributed by atoms with van der Waals surface area (Å²) in [5.41, 5.74) is -1.19. The van der Waals surface area contributed by atoms with Crippen molar-refractivity contribution in [2.75, 3.05) is 19.8 Å². The van der Waals surface area contributed by atoms with Gasteiger partial charge >= 0.3 is 5.97 Å². The Morgan fingerprint density at radius 2 is 1.42 bits per heavy atom. The minimum absolute atomic E-state index is 0.0379. The molecule has 7 fully saturated rings. The van der Waals surface area contributed by atoms with Gasteiger partial charge in [0.1, 0.15) is 60.7 Å². The van der Waals surface area contributed by atoms with Crippen LogP contribution in [0.2, 0.25) is 0 Å². The fourth-order valence-electron chi connectivity index (χ4n) is 14.6. The third-order valence-electron chi connectivity index (χ3n) is 19.1. The molecule has 0 amide bonds. The Hall–Kier alpha value is -1.72. The predicted molar refractivity (Wildman–Crippen MR) is 225 cm³/mol. The number of ketones is 1. The van der Waals surface area contributed by atoms with Gasteiger partial charge in [0.2, 0.25) is 0 Å². The normalized spacial score (nSPS) is 55.8. The number of carboxylic acid groups (broad SMARTS) is 1. The van der Waals surface area contributed by atoms with Crippen LogP contribution in [-0.2, 0) is 38.0 Å². The largest absolute Gasteiger partial charge is 0.479 e. The van der Waals surface area contributed by atoms with E-state index in [0.29, 0.717) is 19.3 Å². The van der Waals surface area contributed by atoms with Crippen LogP contribution < -0.4 is 0 Å². The molecule has 370 valence electrons. The van der Waals surface area contributed by atoms with Crippen LogP contribution in [0.15, 0.2) is 11.6 Å². The van der Waals surface area contributed by atoms with Crippen molar-refractivity contribution in [3.05, 3.63) is 11.6 Å². The highest BCUT2D eigenvalue weighted by Gasteiger charge is 2.70. The van der Waals surface area contributed by atoms with Gasteiger partial charge in [-0.25, -0.2) is 4.79 Å². The molecule has 24 atom stereocenters. The summed E-state index contributed by atoms with van der Waals surface area (Å²) < 4.78 is 36.0. The summed E-state index contributed by atoms with van der Waals surface area (Å²) in [5.74, 6) is -1.21. The fraction of sp³-hybridized carbons (Fsp3) is 0.915. The molecule has 0 bridgehead atoms. The first-order valence-electron chi connectivity index (χ1n) is 23.7. The molecule has 3 saturated heterocycles. The number of carbonyl (C=O) groups excluding carboxylic acids is 1. The second-order valence-corrected chi connectivity index (χ2v) is 22.8. The summed E-state index contributed by atoms with van der Waals surface area (Å²) >= 11 is 0. The monoisotopic (exact) mass is 926 g/mol. The van der Waals surface area contributed by atoms with E-state index in [9.17, 15) is 60.7 Å². The summed E-state index contributed by atoms with van der Waals surface area (Å²) in [7, 11) is 0. The number of fused-ring (bicyclic) bond motifs is 7. The second-order valence-electron chi connectivity index (χ2n) is 22.8. The quantitative estimate of drug-likeness (QED) is 0.111. The summed E-state index contributed by atoms with van der Waals surface area (Å²) in [6.45, 7) is 13.8. The zero-order valence-electron chi connectivity index (χ0n) is 38.7. The molecule has 0 aromatic heterocycles. The van der Waals surface area contributed by atoms with Gasteiger partial charge in [-0.05, 0) is 97.7 Å². The van der Waals surface area contributed by atoms with E-state index in [2.05, 4.69) is 33.8 Å². The van der Waals surface area contributed by atoms with E-state index in [-0.39, 0.29) is 53.0 Å². The van der Waals surface area contributed by atoms with E-state index in [0.717, 1.165) is 38.5 Å². The van der Waals surface area contributed by atoms with Crippen LogP contribution >= 0.6 is 0 Å². The Morgan fingerprint density at radius 1 is 0.738 bits per heavy atom. The van der Waals surface area contributed by atoms with Crippen molar-refractivity contribution in [2.45, 2.75) is 198 Å². The number of aliphatic carboxylic acids is 1. The molecule has 0 unspecified atom stereocenters. The van der Waals surface area contributed by atoms with Gasteiger partial charge in [-0.3, -0.25) is 4.79 Å². The van der Waals surface area contributed by atoms with Gasteiger partial charge in [-0.2, -0.15) is 0 Å². The molecule has 3 aliphatic heterocycles. The molecule has 18 nitrogen and oxygen atoms in total. The van der Waals surface area contributed by atoms with Crippen LogP contribution in [0.1, 0.15) is 106 Å². The molecule has 0 aromatic carbocycles. The fourth-order valence-corrected chi connectivity index (χ4v) is 14.6. The lowest BCUT2D eigenvalue weighted by Crippen LogP contribution is -2.68. The maximum Gasteiger partial charge on any atom is 0.335 e. The van der Waals surface area contributed by atoms with Gasteiger partial charge in [0.25, 0.3) is 0 Å². The second kappa shape index (κ2) is 17.3. The van der Waals surface area contributed by atoms with Crippen LogP contribution in [0.3, 0.4) is 0 Å². The zero-order chi connectivity index (χ0) is 47.6. The average molecular weight is 927 g/mol. The molecule has 65 heavy (non-hydrogen) atoms. The van der Waals surface area contributed by atoms with Crippen molar-refractivity contribution in [2.24, 2.45) is 50.2 Å². The maximum absolute atomic E-state index is 13.8. The van der Waals surface area contributed by atoms with E-state index in [1.54, 1.807) is 0 Å². The predicted octanol–water partition coefficient (Wildman–Crippen LogP) is 0.524. The number of aliphatic hydroxyl groups is 9. The van der Waals surface area contributed by atoms with Crippen molar-refractivity contribution in [1.29, 1.82) is 0 Å². The molecule has 8 rings (SSSR count). The van der Waals surface area contributed by atoms with Crippen LogP contribution in [-0.4, -0.2) is 175 Å². The smallest absolute Gasteiger partial charge is 0.335 e. The number of hydrogen-bond acceptors (Lipinski definition) is 17. The highest BCUT2D eigenvalue weighted by atomic mass is 16.8. The van der Waals surface area contributed by atoms with Gasteiger partial charge < -0.3 is 79.5 Å². The van der Waals surface area contributed by atoms with Gasteiger partial charge in [-0.15, -0.1) is 0 Å². The minimum Gasteiger partial charge on any atom is -0.479 e. The van der Waals surface area contributed by atoms with Crippen molar-refractivity contribution in [3.63, 3.8) is 0 Å². The van der Waals surface area contributed by atoms with Crippen molar-refractivity contribution in [3.8, 4) is 0 Å². The van der Waals surface area contributed by atoms with Crippen LogP contribution in [0.4, 0.5) is 0 Å². The summed E-state index contributed by atoms with van der Waals surface area (Å²) in [6, 6.07) is 0. The minimum atomic E-state index is -2.03. The Labute approximate surface area is 380 Å². The lowest BCUT2D eigenvalue weighted by Gasteiger charge is -2.71. The number of aliphatic hydroxyl groups excluding tert-OH is 9. The topological polar surface area (TPSA) is 292 Å². The molecular formula is C47H74O18. The van der Waals surface area contributed by atoms with Crippen LogP contribution in [0.25, 0.3) is 0 Å². The van der Waals surface area contributed by atoms with Gasteiger partial charge in [0.05, 0.1) is 25.4 Å². The lowest BCUT2D eigenvalue weighted by atomic mass is 9.33. The maximum atomic E-state index is 13.8. The molecule has 3 heterocycles. The van der Waals surface area contributed by atoms with Crippen molar-refractivity contribution < 1.29 is 89.1 Å². The molecule has 8 aliphatic rings. The Kier molecular flexibility index (Phi) is 13.2. The number of rotatable bonds is 9. The first kappa shape index (κ1) is 49.7. The first-order chi connectivity index (χ1) is 30.3. The highest BCUT2D eigenvalue weighted by Crippen LogP contribution is 2.75. The number of ether oxygens (including phenoxy) is 6. The third-order valence-corrected chi connectivity index (χ3v) is 19.1. The van der Waals surface area contributed by atoms with E-state index < -0.39 is 121 Å². The molecule has 18 heteroatoms. The Morgan fingerprint density at radius 3 is 2.08 bits per heavy atom. The molecule has 5 aliphatic carbocycles. The zero-order valence-corrected chi connectivity index (χ0v) is 38.7. The van der Waals surface area contributed by atoms with E-state index >= 15 is 0 Å². The number of carbonyl (C=O) groups is 2. The Bertz CT molecular complexity index is 1830. The number of Topliss-reactive ketones (excluding diaryl/α,β-unsaturated/α-hetero) is 1. The van der Waals surface area contributed by atoms with E-state index in [1.165, 1.54) is 12.5 Å². The summed E-state index contributed by atoms with van der Waals surface area (Å²) in [4.78, 5) is 26.3. The lowest BCUT2D eigenvalue weighted by molar-refractivity contribution is -0.387. The van der Waals surface area contributed by atoms with Gasteiger partial charge in [-0.1, -0.05) is 53.2 Å². The average Bonchev–Trinajstić information content (AvgIpc) is 3.25. The van der Waals surface area contributed by atoms with Gasteiger partial charge in [0, 0.05) is 23.9 Å². The SMILES string of the molecule is C[C@@H]1O[C@H](O[C@@H]2[C@@H](O[C@@H]3[C@@H](O[C@H]4CC[C@@]5(C)[C@@H](CC[C@@]6(C)[C@@H]5CC=C5[C@H]7C[C@@](C)(CO)CC(=O)[C@]7(C)CC[C@]56C)[C@]4(C)CO)O[C@@H](C(=O)O)[C@H](O)[C@H]3O)OC[C@H](O)[C@H]2O)[C@@H](O)[C@H](O)[C@H]1O. The Balaban J connectivity index is 1.06. The van der Waals surface area contributed by atoms with E-state index in [1.807, 2.05) is 13.8 Å². The van der Waals surface area contributed by atoms with Crippen molar-refractivity contribution in [1.82, 2.24) is 0 Å².